The number of likely N-dealkylation sites (tertiary alicyclic amines) is 1. The fourth-order valence-electron chi connectivity index (χ4n) is 4.51. The number of carbonyl (C=O) groups is 2. The zero-order chi connectivity index (χ0) is 24.9. The molecule has 1 fully saturated rings. The maximum Gasteiger partial charge on any atom is 0.434 e. The highest BCUT2D eigenvalue weighted by Gasteiger charge is 2.31. The van der Waals surface area contributed by atoms with E-state index in [2.05, 4.69) is 5.32 Å². The molecule has 1 aromatic carbocycles. The zero-order valence-electron chi connectivity index (χ0n) is 19.4. The minimum atomic E-state index is -0.695. The normalized spacial score (nSPS) is 16.2. The number of benzene rings is 1. The van der Waals surface area contributed by atoms with E-state index in [1.165, 1.54) is 19.9 Å². The van der Waals surface area contributed by atoms with Gasteiger partial charge in [-0.15, -0.1) is 0 Å². The van der Waals surface area contributed by atoms with Crippen LogP contribution in [0.5, 0.6) is 5.88 Å². The lowest BCUT2D eigenvalue weighted by atomic mass is 9.91. The lowest BCUT2D eigenvalue weighted by molar-refractivity contribution is 0.0673. The Bertz CT molecular complexity index is 1110. The smallest absolute Gasteiger partial charge is 0.434 e. The summed E-state index contributed by atoms with van der Waals surface area (Å²) in [5.74, 6) is -0.0172. The van der Waals surface area contributed by atoms with Crippen LogP contribution in [0.3, 0.4) is 0 Å². The summed E-state index contributed by atoms with van der Waals surface area (Å²) >= 11 is 5.94. The van der Waals surface area contributed by atoms with Gasteiger partial charge in [-0.25, -0.2) is 14.4 Å². The number of hydrogen-bond donors (Lipinski definition) is 3. The predicted octanol–water partition coefficient (Wildman–Crippen LogP) is 1.42. The first-order valence-corrected chi connectivity index (χ1v) is 12.1. The van der Waals surface area contributed by atoms with Crippen LogP contribution in [0.25, 0.3) is 0 Å². The molecule has 0 unspecified atom stereocenters. The van der Waals surface area contributed by atoms with Gasteiger partial charge in [-0.3, -0.25) is 4.57 Å². The molecule has 11 nitrogen and oxygen atoms in total. The molecule has 1 aromatic heterocycles. The second-order valence-corrected chi connectivity index (χ2v) is 9.27. The minimum absolute atomic E-state index is 0.0259. The van der Waals surface area contributed by atoms with E-state index in [-0.39, 0.29) is 38.5 Å². The van der Waals surface area contributed by atoms with Gasteiger partial charge >= 0.3 is 17.8 Å². The highest BCUT2D eigenvalue weighted by Crippen LogP contribution is 2.24. The lowest BCUT2D eigenvalue weighted by Gasteiger charge is -2.31. The Balaban J connectivity index is 1.31. The van der Waals surface area contributed by atoms with E-state index in [0.29, 0.717) is 23.7 Å². The molecule has 0 atom stereocenters. The van der Waals surface area contributed by atoms with Crippen LogP contribution in [0.15, 0.2) is 29.1 Å². The average molecular weight is 508 g/mol. The van der Waals surface area contributed by atoms with Crippen molar-refractivity contribution in [2.75, 3.05) is 32.8 Å². The number of imidazole rings is 1. The van der Waals surface area contributed by atoms with Gasteiger partial charge in [0.05, 0.1) is 13.2 Å². The first-order valence-electron chi connectivity index (χ1n) is 11.8. The van der Waals surface area contributed by atoms with Gasteiger partial charge in [0.25, 0.3) is 5.88 Å². The number of amides is 3. The summed E-state index contributed by atoms with van der Waals surface area (Å²) in [6.45, 7) is 1.29. The first kappa shape index (κ1) is 24.9. The number of aliphatic hydroxyl groups excluding tert-OH is 1. The molecule has 4 rings (SSSR count). The number of rotatable bonds is 6. The highest BCUT2D eigenvalue weighted by molar-refractivity contribution is 6.30. The van der Waals surface area contributed by atoms with Crippen molar-refractivity contribution in [1.29, 1.82) is 0 Å². The molecular formula is C23H30ClN5O6. The number of aromatic hydroxyl groups is 1. The van der Waals surface area contributed by atoms with E-state index in [4.69, 9.17) is 21.5 Å². The number of aromatic nitrogens is 2. The fourth-order valence-corrected chi connectivity index (χ4v) is 4.64. The van der Waals surface area contributed by atoms with E-state index in [0.717, 1.165) is 30.7 Å². The third-order valence-electron chi connectivity index (χ3n) is 6.59. The largest absolute Gasteiger partial charge is 0.491 e. The van der Waals surface area contributed by atoms with Crippen molar-refractivity contribution in [3.05, 3.63) is 51.0 Å². The van der Waals surface area contributed by atoms with Gasteiger partial charge in [0.15, 0.2) is 0 Å². The molecule has 3 amide bonds. The van der Waals surface area contributed by atoms with E-state index in [1.807, 2.05) is 24.3 Å². The Kier molecular flexibility index (Phi) is 7.86. The molecule has 12 heteroatoms. The number of carbonyl (C=O) groups excluding carboxylic acids is 2. The van der Waals surface area contributed by atoms with Crippen molar-refractivity contribution in [2.24, 2.45) is 5.92 Å². The van der Waals surface area contributed by atoms with Crippen molar-refractivity contribution in [3.8, 4) is 5.88 Å². The van der Waals surface area contributed by atoms with Crippen molar-refractivity contribution < 1.29 is 24.6 Å². The van der Waals surface area contributed by atoms with Crippen LogP contribution in [-0.4, -0.2) is 74.2 Å². The van der Waals surface area contributed by atoms with Crippen LogP contribution < -0.4 is 15.8 Å². The number of nitrogens with zero attached hydrogens (tertiary/aromatic N) is 4. The van der Waals surface area contributed by atoms with Crippen LogP contribution in [0.2, 0.25) is 5.02 Å². The quantitative estimate of drug-likeness (QED) is 0.542. The van der Waals surface area contributed by atoms with Crippen LogP contribution in [0.1, 0.15) is 30.5 Å². The number of aliphatic hydroxyl groups is 1. The topological polar surface area (TPSA) is 129 Å². The molecule has 35 heavy (non-hydrogen) atoms. The first-order chi connectivity index (χ1) is 16.9. The molecule has 0 bridgehead atoms. The summed E-state index contributed by atoms with van der Waals surface area (Å²) in [7, 11) is 0. The lowest BCUT2D eigenvalue weighted by Crippen LogP contribution is -2.47. The molecule has 0 spiro atoms. The fraction of sp³-hybridized carbons (Fsp3) is 0.522. The van der Waals surface area contributed by atoms with Gasteiger partial charge in [-0.05, 0) is 49.3 Å². The standard InChI is InChI=1S/C23H30ClN5O6/c24-18-5-3-16(4-6-18)1-2-17-7-10-26(11-8-17)23(34)35-29-20(31)19-15-27(21(32)25-9-14-30)12-13-28(19)22(29)33/h3-6,17,30-31H,1-2,7-15H2,(H,25,32). The number of piperidine rings is 1. The van der Waals surface area contributed by atoms with Crippen LogP contribution in [0.4, 0.5) is 9.59 Å². The van der Waals surface area contributed by atoms with Gasteiger partial charge < -0.3 is 30.2 Å². The molecule has 3 N–H and O–H groups in total. The third kappa shape index (κ3) is 5.73. The second-order valence-electron chi connectivity index (χ2n) is 8.83. The number of aryl methyl sites for hydroxylation is 1. The monoisotopic (exact) mass is 507 g/mol. The number of halogens is 1. The highest BCUT2D eigenvalue weighted by atomic mass is 35.5. The Morgan fingerprint density at radius 3 is 2.49 bits per heavy atom. The second kappa shape index (κ2) is 11.0. The van der Waals surface area contributed by atoms with Crippen LogP contribution in [0, 0.1) is 5.92 Å². The summed E-state index contributed by atoms with van der Waals surface area (Å²) < 4.78 is 1.89. The predicted molar refractivity (Wildman–Crippen MR) is 127 cm³/mol. The van der Waals surface area contributed by atoms with Gasteiger partial charge in [-0.1, -0.05) is 28.5 Å². The molecule has 2 aromatic rings. The maximum absolute atomic E-state index is 12.7. The third-order valence-corrected chi connectivity index (χ3v) is 6.84. The van der Waals surface area contributed by atoms with E-state index >= 15 is 0 Å². The van der Waals surface area contributed by atoms with E-state index in [1.54, 1.807) is 0 Å². The van der Waals surface area contributed by atoms with Crippen molar-refractivity contribution >= 4 is 23.7 Å². The molecule has 0 saturated carbocycles. The average Bonchev–Trinajstić information content (AvgIpc) is 3.11. The summed E-state index contributed by atoms with van der Waals surface area (Å²) in [6, 6.07) is 7.40. The Labute approximate surface area is 207 Å². The molecule has 190 valence electrons. The minimum Gasteiger partial charge on any atom is -0.491 e. The van der Waals surface area contributed by atoms with E-state index in [9.17, 15) is 19.5 Å². The molecule has 2 aliphatic heterocycles. The van der Waals surface area contributed by atoms with E-state index < -0.39 is 23.7 Å². The van der Waals surface area contributed by atoms with Crippen LogP contribution in [-0.2, 0) is 19.5 Å². The molecule has 3 heterocycles. The van der Waals surface area contributed by atoms with Crippen LogP contribution >= 0.6 is 11.6 Å². The number of fused-ring (bicyclic) bond motifs is 1. The van der Waals surface area contributed by atoms with Gasteiger partial charge in [0, 0.05) is 37.7 Å². The molecule has 1 saturated heterocycles. The van der Waals surface area contributed by atoms with Gasteiger partial charge in [0.2, 0.25) is 0 Å². The van der Waals surface area contributed by atoms with Crippen molar-refractivity contribution in [1.82, 2.24) is 24.4 Å². The summed E-state index contributed by atoms with van der Waals surface area (Å²) in [4.78, 5) is 45.8. The molecule has 0 radical (unpaired) electrons. The van der Waals surface area contributed by atoms with Crippen molar-refractivity contribution in [2.45, 2.75) is 38.8 Å². The Morgan fingerprint density at radius 1 is 1.09 bits per heavy atom. The molecule has 0 aliphatic carbocycles. The summed E-state index contributed by atoms with van der Waals surface area (Å²) in [5.41, 5.74) is 0.751. The van der Waals surface area contributed by atoms with Gasteiger partial charge in [0.1, 0.15) is 5.69 Å². The number of nitrogens with one attached hydrogen (secondary N) is 1. The van der Waals surface area contributed by atoms with Crippen molar-refractivity contribution in [3.63, 3.8) is 0 Å². The van der Waals surface area contributed by atoms with Gasteiger partial charge in [-0.2, -0.15) is 0 Å². The summed E-state index contributed by atoms with van der Waals surface area (Å²) in [6.07, 6.45) is 2.92. The number of hydrogen-bond acceptors (Lipinski definition) is 6. The maximum atomic E-state index is 12.7. The molecule has 2 aliphatic rings. The summed E-state index contributed by atoms with van der Waals surface area (Å²) in [5, 5.41) is 22.7. The molecular weight excluding hydrogens is 478 g/mol. The Hall–Kier alpha value is -3.18. The zero-order valence-corrected chi connectivity index (χ0v) is 20.1. The Morgan fingerprint density at radius 2 is 1.80 bits per heavy atom. The SMILES string of the molecule is O=C(NCCO)N1CCn2c(c(O)n(OC(=O)N3CCC(CCc4ccc(Cl)cc4)CC3)c2=O)C1. The number of urea groups is 1.